The molecule has 2 heterocycles. The Balaban J connectivity index is 1.76. The molecule has 0 bridgehead atoms. The second kappa shape index (κ2) is 6.84. The molecule has 0 unspecified atom stereocenters. The zero-order chi connectivity index (χ0) is 17.1. The Kier molecular flexibility index (Phi) is 4.61. The van der Waals surface area contributed by atoms with Gasteiger partial charge < -0.3 is 20.9 Å². The van der Waals surface area contributed by atoms with E-state index >= 15 is 0 Å². The maximum Gasteiger partial charge on any atom is 0.255 e. The van der Waals surface area contributed by atoms with E-state index in [0.29, 0.717) is 11.3 Å². The fourth-order valence-corrected chi connectivity index (χ4v) is 2.60. The second-order valence-electron chi connectivity index (χ2n) is 5.88. The zero-order valence-corrected chi connectivity index (χ0v) is 13.5. The molecule has 1 aliphatic rings. The Labute approximate surface area is 140 Å². The summed E-state index contributed by atoms with van der Waals surface area (Å²) in [6.45, 7) is 3.65. The summed E-state index contributed by atoms with van der Waals surface area (Å²) in [7, 11) is 2.08. The first kappa shape index (κ1) is 16.2. The molecule has 0 spiro atoms. The number of piperazine rings is 1. The lowest BCUT2D eigenvalue weighted by Crippen LogP contribution is -2.44. The van der Waals surface area contributed by atoms with Crippen molar-refractivity contribution >= 4 is 23.1 Å². The summed E-state index contributed by atoms with van der Waals surface area (Å²) in [5.41, 5.74) is 6.81. The Hall–Kier alpha value is -2.67. The molecule has 1 aliphatic heterocycles. The molecule has 0 atom stereocenters. The number of rotatable bonds is 3. The van der Waals surface area contributed by atoms with Crippen LogP contribution in [0.5, 0.6) is 0 Å². The van der Waals surface area contributed by atoms with Crippen molar-refractivity contribution < 1.29 is 9.18 Å². The van der Waals surface area contributed by atoms with Crippen LogP contribution in [0.2, 0.25) is 0 Å². The van der Waals surface area contributed by atoms with Crippen LogP contribution in [0.25, 0.3) is 0 Å². The zero-order valence-electron chi connectivity index (χ0n) is 13.5. The van der Waals surface area contributed by atoms with E-state index in [9.17, 15) is 9.18 Å². The van der Waals surface area contributed by atoms with Crippen LogP contribution in [-0.2, 0) is 0 Å². The van der Waals surface area contributed by atoms with Crippen LogP contribution in [-0.4, -0.2) is 49.0 Å². The molecule has 1 amide bonds. The van der Waals surface area contributed by atoms with Crippen LogP contribution in [0.4, 0.5) is 21.6 Å². The summed E-state index contributed by atoms with van der Waals surface area (Å²) in [4.78, 5) is 21.2. The van der Waals surface area contributed by atoms with Crippen LogP contribution in [0.3, 0.4) is 0 Å². The third-order valence-electron chi connectivity index (χ3n) is 4.10. The summed E-state index contributed by atoms with van der Waals surface area (Å²) >= 11 is 0. The largest absolute Gasteiger partial charge is 0.397 e. The van der Waals surface area contributed by atoms with E-state index in [1.54, 1.807) is 18.3 Å². The average molecular weight is 329 g/mol. The highest BCUT2D eigenvalue weighted by atomic mass is 19.1. The molecule has 0 aliphatic carbocycles. The van der Waals surface area contributed by atoms with Crippen LogP contribution >= 0.6 is 0 Å². The van der Waals surface area contributed by atoms with Gasteiger partial charge in [0.05, 0.1) is 11.4 Å². The molecule has 126 valence electrons. The molecule has 1 saturated heterocycles. The van der Waals surface area contributed by atoms with Crippen molar-refractivity contribution in [2.75, 3.05) is 49.2 Å². The standard InChI is InChI=1S/C17H20FN5O/c1-22-6-8-23(9-7-22)16-10-12(4-5-20-16)17(24)21-15-11-13(18)2-3-14(15)19/h2-5,10-11H,6-9,19H2,1H3,(H,21,24). The predicted molar refractivity (Wildman–Crippen MR) is 92.7 cm³/mol. The number of nitrogens with two attached hydrogens (primary N) is 1. The topological polar surface area (TPSA) is 74.5 Å². The molecule has 6 nitrogen and oxygen atoms in total. The van der Waals surface area contributed by atoms with E-state index in [1.165, 1.54) is 18.2 Å². The minimum atomic E-state index is -0.452. The maximum absolute atomic E-state index is 13.3. The van der Waals surface area contributed by atoms with Gasteiger partial charge in [-0.3, -0.25) is 4.79 Å². The number of nitrogens with one attached hydrogen (secondary N) is 1. The van der Waals surface area contributed by atoms with E-state index in [-0.39, 0.29) is 11.6 Å². The predicted octanol–water partition coefficient (Wildman–Crippen LogP) is 1.81. The fraction of sp³-hybridized carbons (Fsp3) is 0.294. The average Bonchev–Trinajstić information content (AvgIpc) is 2.59. The van der Waals surface area contributed by atoms with Gasteiger partial charge in [0.1, 0.15) is 11.6 Å². The number of hydrogen-bond acceptors (Lipinski definition) is 5. The summed E-state index contributed by atoms with van der Waals surface area (Å²) < 4.78 is 13.3. The van der Waals surface area contributed by atoms with E-state index in [4.69, 9.17) is 5.73 Å². The number of carbonyl (C=O) groups excluding carboxylic acids is 1. The first-order valence-electron chi connectivity index (χ1n) is 7.79. The summed E-state index contributed by atoms with van der Waals surface area (Å²) in [5.74, 6) is -0.0274. The number of pyridine rings is 1. The monoisotopic (exact) mass is 329 g/mol. The number of halogens is 1. The van der Waals surface area contributed by atoms with Gasteiger partial charge in [0.15, 0.2) is 0 Å². The van der Waals surface area contributed by atoms with Crippen LogP contribution in [0, 0.1) is 5.82 Å². The number of hydrogen-bond donors (Lipinski definition) is 2. The lowest BCUT2D eigenvalue weighted by Gasteiger charge is -2.33. The molecule has 3 N–H and O–H groups in total. The molecule has 7 heteroatoms. The first-order valence-corrected chi connectivity index (χ1v) is 7.79. The van der Waals surface area contributed by atoms with Crippen molar-refractivity contribution in [1.29, 1.82) is 0 Å². The summed E-state index contributed by atoms with van der Waals surface area (Å²) in [6.07, 6.45) is 1.61. The minimum Gasteiger partial charge on any atom is -0.397 e. The van der Waals surface area contributed by atoms with Crippen molar-refractivity contribution in [3.05, 3.63) is 47.9 Å². The Morgan fingerprint density at radius 1 is 1.21 bits per heavy atom. The molecule has 0 saturated carbocycles. The highest BCUT2D eigenvalue weighted by Crippen LogP contribution is 2.21. The summed E-state index contributed by atoms with van der Waals surface area (Å²) in [5, 5.41) is 2.65. The number of aromatic nitrogens is 1. The molecule has 3 rings (SSSR count). The molecular formula is C17H20FN5O. The van der Waals surface area contributed by atoms with E-state index in [1.807, 2.05) is 0 Å². The number of carbonyl (C=O) groups is 1. The van der Waals surface area contributed by atoms with E-state index in [0.717, 1.165) is 32.0 Å². The van der Waals surface area contributed by atoms with Gasteiger partial charge in [-0.25, -0.2) is 9.37 Å². The molecule has 24 heavy (non-hydrogen) atoms. The molecular weight excluding hydrogens is 309 g/mol. The van der Waals surface area contributed by atoms with Crippen LogP contribution in [0.15, 0.2) is 36.5 Å². The molecule has 1 fully saturated rings. The fourth-order valence-electron chi connectivity index (χ4n) is 2.60. The Morgan fingerprint density at radius 3 is 2.71 bits per heavy atom. The number of amides is 1. The van der Waals surface area contributed by atoms with Crippen molar-refractivity contribution in [3.8, 4) is 0 Å². The number of likely N-dealkylation sites (N-methyl/N-ethyl adjacent to an activating group) is 1. The van der Waals surface area contributed by atoms with Gasteiger partial charge in [-0.2, -0.15) is 0 Å². The maximum atomic E-state index is 13.3. The molecule has 1 aromatic carbocycles. The highest BCUT2D eigenvalue weighted by molar-refractivity contribution is 6.06. The molecule has 0 radical (unpaired) electrons. The normalized spacial score (nSPS) is 15.3. The number of anilines is 3. The Morgan fingerprint density at radius 2 is 1.96 bits per heavy atom. The Bertz CT molecular complexity index is 744. The third kappa shape index (κ3) is 3.62. The van der Waals surface area contributed by atoms with Crippen LogP contribution in [0.1, 0.15) is 10.4 Å². The van der Waals surface area contributed by atoms with Gasteiger partial charge in [-0.05, 0) is 37.4 Å². The van der Waals surface area contributed by atoms with Gasteiger partial charge >= 0.3 is 0 Å². The lowest BCUT2D eigenvalue weighted by molar-refractivity contribution is 0.102. The van der Waals surface area contributed by atoms with E-state index < -0.39 is 5.82 Å². The second-order valence-corrected chi connectivity index (χ2v) is 5.88. The quantitative estimate of drug-likeness (QED) is 0.840. The van der Waals surface area contributed by atoms with Crippen molar-refractivity contribution in [1.82, 2.24) is 9.88 Å². The number of nitrogens with zero attached hydrogens (tertiary/aromatic N) is 3. The van der Waals surface area contributed by atoms with E-state index in [2.05, 4.69) is 27.1 Å². The van der Waals surface area contributed by atoms with Gasteiger partial charge in [-0.1, -0.05) is 0 Å². The van der Waals surface area contributed by atoms with Gasteiger partial charge in [0.2, 0.25) is 0 Å². The van der Waals surface area contributed by atoms with Crippen molar-refractivity contribution in [2.45, 2.75) is 0 Å². The lowest BCUT2D eigenvalue weighted by atomic mass is 10.2. The molecule has 1 aromatic heterocycles. The van der Waals surface area contributed by atoms with Gasteiger partial charge in [-0.15, -0.1) is 0 Å². The smallest absolute Gasteiger partial charge is 0.255 e. The third-order valence-corrected chi connectivity index (χ3v) is 4.10. The van der Waals surface area contributed by atoms with Crippen molar-refractivity contribution in [2.24, 2.45) is 0 Å². The van der Waals surface area contributed by atoms with Gasteiger partial charge in [0.25, 0.3) is 5.91 Å². The first-order chi connectivity index (χ1) is 11.5. The summed E-state index contributed by atoms with van der Waals surface area (Å²) in [6, 6.07) is 7.26. The van der Waals surface area contributed by atoms with Crippen LogP contribution < -0.4 is 16.0 Å². The van der Waals surface area contributed by atoms with Crippen molar-refractivity contribution in [3.63, 3.8) is 0 Å². The number of nitrogen functional groups attached to an aromatic ring is 1. The minimum absolute atomic E-state index is 0.262. The number of benzene rings is 1. The molecule has 2 aromatic rings. The van der Waals surface area contributed by atoms with Gasteiger partial charge in [0, 0.05) is 37.9 Å². The SMILES string of the molecule is CN1CCN(c2cc(C(=O)Nc3cc(F)ccc3N)ccn2)CC1. The highest BCUT2D eigenvalue weighted by Gasteiger charge is 2.17.